The van der Waals surface area contributed by atoms with Crippen molar-refractivity contribution in [3.63, 3.8) is 0 Å². The highest BCUT2D eigenvalue weighted by atomic mass is 79.9. The Morgan fingerprint density at radius 3 is 1.45 bits per heavy atom. The van der Waals surface area contributed by atoms with Crippen LogP contribution in [0.1, 0.15) is 17.5 Å². The second-order valence-corrected chi connectivity index (χ2v) is 8.22. The summed E-state index contributed by atoms with van der Waals surface area (Å²) in [5.41, 5.74) is 8.15. The average Bonchev–Trinajstić information content (AvgIpc) is 3.12. The van der Waals surface area contributed by atoms with Gasteiger partial charge in [-0.1, -0.05) is 48.5 Å². The van der Waals surface area contributed by atoms with Crippen LogP contribution in [0.3, 0.4) is 0 Å². The Labute approximate surface area is 201 Å². The fraction of sp³-hybridized carbons (Fsp3) is 0.200. The van der Waals surface area contributed by atoms with Crippen LogP contribution in [0.15, 0.2) is 72.8 Å². The summed E-state index contributed by atoms with van der Waals surface area (Å²) < 4.78 is 10.2. The van der Waals surface area contributed by atoms with Crippen molar-refractivity contribution in [2.24, 2.45) is 0 Å². The molecule has 0 bridgehead atoms. The molecule has 3 aromatic carbocycles. The fourth-order valence-corrected chi connectivity index (χ4v) is 5.44. The summed E-state index contributed by atoms with van der Waals surface area (Å²) >= 11 is 0. The molecule has 2 aliphatic heterocycles. The molecule has 0 aliphatic carbocycles. The predicted octanol–water partition coefficient (Wildman–Crippen LogP) is -2.34. The maximum absolute atomic E-state index is 2.55. The number of nitrogens with zero attached hydrogens (tertiary/aromatic N) is 4. The second-order valence-electron chi connectivity index (χ2n) is 8.22. The number of halogens is 2. The normalized spacial score (nSPS) is 13.9. The van der Waals surface area contributed by atoms with E-state index in [1.165, 1.54) is 44.8 Å². The first kappa shape index (κ1) is 20.5. The van der Waals surface area contributed by atoms with Gasteiger partial charge in [0.25, 0.3) is 0 Å². The van der Waals surface area contributed by atoms with Crippen LogP contribution in [-0.2, 0) is 26.2 Å². The molecule has 7 rings (SSSR count). The van der Waals surface area contributed by atoms with Gasteiger partial charge < -0.3 is 34.0 Å². The van der Waals surface area contributed by atoms with Gasteiger partial charge in [0.15, 0.2) is 22.1 Å². The van der Waals surface area contributed by atoms with Gasteiger partial charge in [-0.15, -0.1) is 0 Å². The number of hydrogen-bond acceptors (Lipinski definition) is 0. The van der Waals surface area contributed by atoms with Gasteiger partial charge in [-0.05, 0) is 24.3 Å². The zero-order chi connectivity index (χ0) is 18.9. The summed E-state index contributed by atoms with van der Waals surface area (Å²) in [4.78, 5) is 0. The molecular weight excluding hydrogens is 516 g/mol. The molecule has 5 aromatic rings. The van der Waals surface area contributed by atoms with Gasteiger partial charge in [-0.3, -0.25) is 0 Å². The summed E-state index contributed by atoms with van der Waals surface area (Å²) in [6, 6.07) is 26.7. The molecule has 0 N–H and O–H groups in total. The number of imidazole rings is 2. The van der Waals surface area contributed by atoms with E-state index in [9.17, 15) is 0 Å². The molecule has 156 valence electrons. The lowest BCUT2D eigenvalue weighted by molar-refractivity contribution is -0.687. The van der Waals surface area contributed by atoms with Crippen molar-refractivity contribution in [2.45, 2.75) is 32.6 Å². The maximum atomic E-state index is 2.55. The quantitative estimate of drug-likeness (QED) is 0.193. The molecule has 4 nitrogen and oxygen atoms in total. The zero-order valence-corrected chi connectivity index (χ0v) is 20.2. The third-order valence-electron chi connectivity index (χ3n) is 6.69. The Morgan fingerprint density at radius 2 is 0.968 bits per heavy atom. The zero-order valence-electron chi connectivity index (χ0n) is 17.0. The first-order chi connectivity index (χ1) is 14.4. The van der Waals surface area contributed by atoms with Gasteiger partial charge >= 0.3 is 11.6 Å². The van der Waals surface area contributed by atoms with E-state index >= 15 is 0 Å². The Kier molecular flexibility index (Phi) is 5.02. The van der Waals surface area contributed by atoms with Crippen LogP contribution in [0.4, 0.5) is 0 Å². The van der Waals surface area contributed by atoms with E-state index in [-0.39, 0.29) is 34.0 Å². The van der Waals surface area contributed by atoms with Crippen molar-refractivity contribution >= 4 is 22.1 Å². The molecule has 0 saturated heterocycles. The highest BCUT2D eigenvalue weighted by molar-refractivity contribution is 5.78. The highest BCUT2D eigenvalue weighted by Gasteiger charge is 2.41. The van der Waals surface area contributed by atoms with Gasteiger partial charge in [-0.25, -0.2) is 18.3 Å². The summed E-state index contributed by atoms with van der Waals surface area (Å²) in [5, 5.41) is 0. The standard InChI is InChI=1S/C25H22N4.2BrH/c1-2-9-19-17-29-23-13-6-4-11-21(23)27-15-7-14-26-20-10-3-5-12-22(20)28(16-18(19)8-1)24(26)25(27)29;;/h1-6,8-13H,7,14-17H2;2*1H/q+2;;/p-2. The van der Waals surface area contributed by atoms with Gasteiger partial charge in [0, 0.05) is 17.5 Å². The van der Waals surface area contributed by atoms with Crippen molar-refractivity contribution in [3.05, 3.63) is 83.9 Å². The third-order valence-corrected chi connectivity index (χ3v) is 6.69. The number of hydrogen-bond donors (Lipinski definition) is 0. The molecule has 2 aliphatic rings. The minimum atomic E-state index is 0. The number of benzene rings is 3. The van der Waals surface area contributed by atoms with Crippen molar-refractivity contribution in [3.8, 4) is 11.6 Å². The summed E-state index contributed by atoms with van der Waals surface area (Å²) in [6.07, 6.45) is 1.14. The highest BCUT2D eigenvalue weighted by Crippen LogP contribution is 2.31. The van der Waals surface area contributed by atoms with Gasteiger partial charge in [0.05, 0.1) is 13.1 Å². The number of aryl methyl sites for hydroxylation is 2. The number of rotatable bonds is 0. The summed E-state index contributed by atoms with van der Waals surface area (Å²) in [5.74, 6) is 2.68. The van der Waals surface area contributed by atoms with Crippen LogP contribution in [0.2, 0.25) is 0 Å². The first-order valence-electron chi connectivity index (χ1n) is 10.5. The molecule has 0 atom stereocenters. The molecule has 0 spiro atoms. The van der Waals surface area contributed by atoms with Crippen LogP contribution in [-0.4, -0.2) is 9.13 Å². The molecule has 0 radical (unpaired) electrons. The lowest BCUT2D eigenvalue weighted by Gasteiger charge is -2.12. The van der Waals surface area contributed by atoms with Crippen molar-refractivity contribution in [1.82, 2.24) is 9.13 Å². The molecule has 6 heteroatoms. The maximum Gasteiger partial charge on any atom is 0.374 e. The minimum Gasteiger partial charge on any atom is -1.00 e. The second kappa shape index (κ2) is 7.61. The Bertz CT molecular complexity index is 1340. The number of aromatic nitrogens is 4. The molecular formula is C25H22Br2N4. The third kappa shape index (κ3) is 2.77. The largest absolute Gasteiger partial charge is 1.00 e. The first-order valence-corrected chi connectivity index (χ1v) is 10.5. The molecule has 0 amide bonds. The van der Waals surface area contributed by atoms with E-state index < -0.39 is 0 Å². The van der Waals surface area contributed by atoms with Crippen molar-refractivity contribution < 1.29 is 43.1 Å². The molecule has 2 aromatic heterocycles. The van der Waals surface area contributed by atoms with Crippen LogP contribution < -0.4 is 43.1 Å². The van der Waals surface area contributed by atoms with Gasteiger partial charge in [0.1, 0.15) is 13.1 Å². The average molecular weight is 538 g/mol. The van der Waals surface area contributed by atoms with E-state index in [0.717, 1.165) is 32.6 Å². The number of para-hydroxylation sites is 4. The Hall–Kier alpha value is -2.44. The van der Waals surface area contributed by atoms with E-state index in [2.05, 4.69) is 91.1 Å². The lowest BCUT2D eigenvalue weighted by atomic mass is 10.1. The predicted molar refractivity (Wildman–Crippen MR) is 113 cm³/mol. The Balaban J connectivity index is 0.00000102. The lowest BCUT2D eigenvalue weighted by Crippen LogP contribution is -3.00. The van der Waals surface area contributed by atoms with Crippen LogP contribution in [0, 0.1) is 0 Å². The Morgan fingerprint density at radius 1 is 0.548 bits per heavy atom. The van der Waals surface area contributed by atoms with Crippen LogP contribution in [0.5, 0.6) is 0 Å². The van der Waals surface area contributed by atoms with Crippen LogP contribution in [0.25, 0.3) is 33.7 Å². The monoisotopic (exact) mass is 536 g/mol. The smallest absolute Gasteiger partial charge is 0.374 e. The van der Waals surface area contributed by atoms with E-state index in [4.69, 9.17) is 0 Å². The molecule has 0 unspecified atom stereocenters. The summed E-state index contributed by atoms with van der Waals surface area (Å²) in [7, 11) is 0. The van der Waals surface area contributed by atoms with E-state index in [1.807, 2.05) is 0 Å². The topological polar surface area (TPSA) is 17.6 Å². The van der Waals surface area contributed by atoms with Crippen molar-refractivity contribution in [2.75, 3.05) is 0 Å². The molecule has 0 saturated carbocycles. The molecule has 0 fully saturated rings. The molecule has 4 heterocycles. The van der Waals surface area contributed by atoms with Gasteiger partial charge in [0.2, 0.25) is 0 Å². The number of fused-ring (bicyclic) bond motifs is 7. The minimum absolute atomic E-state index is 0. The van der Waals surface area contributed by atoms with E-state index in [0.29, 0.717) is 0 Å². The van der Waals surface area contributed by atoms with Crippen molar-refractivity contribution in [1.29, 1.82) is 0 Å². The van der Waals surface area contributed by atoms with Gasteiger partial charge in [-0.2, -0.15) is 0 Å². The fourth-order valence-electron chi connectivity index (χ4n) is 5.44. The molecule has 31 heavy (non-hydrogen) atoms. The van der Waals surface area contributed by atoms with Crippen LogP contribution >= 0.6 is 0 Å². The SMILES string of the molecule is [Br-].[Br-].c1ccc2c(c1)C[n+]1c3n(c4ccccc41)CCCn1c-3[n+](c3ccccc31)C2. The summed E-state index contributed by atoms with van der Waals surface area (Å²) in [6.45, 7) is 3.95. The van der Waals surface area contributed by atoms with E-state index in [1.54, 1.807) is 0 Å².